The van der Waals surface area contributed by atoms with Crippen molar-refractivity contribution in [2.45, 2.75) is 85.2 Å². The maximum Gasteiger partial charge on any atom is 0.193 e. The van der Waals surface area contributed by atoms with E-state index in [1.54, 1.807) is 0 Å². The van der Waals surface area contributed by atoms with Crippen LogP contribution >= 0.6 is 0 Å². The molecular formula is C16H34O3Si. The predicted octanol–water partition coefficient (Wildman–Crippen LogP) is 4.01. The van der Waals surface area contributed by atoms with Crippen LogP contribution in [0.25, 0.3) is 0 Å². The van der Waals surface area contributed by atoms with Gasteiger partial charge in [0.05, 0.1) is 6.10 Å². The van der Waals surface area contributed by atoms with E-state index >= 15 is 0 Å². The van der Waals surface area contributed by atoms with Gasteiger partial charge in [-0.1, -0.05) is 41.5 Å². The van der Waals surface area contributed by atoms with Crippen LogP contribution in [0.1, 0.15) is 54.9 Å². The molecule has 0 spiro atoms. The zero-order chi connectivity index (χ0) is 16.3. The van der Waals surface area contributed by atoms with Gasteiger partial charge in [-0.3, -0.25) is 4.79 Å². The highest BCUT2D eigenvalue weighted by Gasteiger charge is 2.41. The van der Waals surface area contributed by atoms with E-state index in [0.717, 1.165) is 0 Å². The SMILES string of the molecule is CC[C@@H](C(=O)[C@H](C)O[Si](C)(C)C(C)(C)C)[C@@H](O)C(C)C. The summed E-state index contributed by atoms with van der Waals surface area (Å²) >= 11 is 0. The number of aliphatic hydroxyl groups excluding tert-OH is 1. The Bertz CT molecular complexity index is 318. The summed E-state index contributed by atoms with van der Waals surface area (Å²) in [6, 6.07) is 0. The molecule has 0 aliphatic carbocycles. The Morgan fingerprint density at radius 1 is 1.20 bits per heavy atom. The largest absolute Gasteiger partial charge is 0.407 e. The zero-order valence-corrected chi connectivity index (χ0v) is 15.8. The Hall–Kier alpha value is -0.193. The summed E-state index contributed by atoms with van der Waals surface area (Å²) in [5.74, 6) is -0.197. The molecule has 0 amide bonds. The molecule has 0 aliphatic rings. The lowest BCUT2D eigenvalue weighted by atomic mass is 9.86. The third-order valence-corrected chi connectivity index (χ3v) is 9.13. The van der Waals surface area contributed by atoms with Crippen molar-refractivity contribution in [1.82, 2.24) is 0 Å². The summed E-state index contributed by atoms with van der Waals surface area (Å²) in [7, 11) is -1.95. The second-order valence-corrected chi connectivity index (χ2v) is 12.4. The van der Waals surface area contributed by atoms with Gasteiger partial charge in [0.15, 0.2) is 14.1 Å². The summed E-state index contributed by atoms with van der Waals surface area (Å²) in [4.78, 5) is 12.6. The van der Waals surface area contributed by atoms with Gasteiger partial charge in [-0.2, -0.15) is 0 Å². The first-order chi connectivity index (χ1) is 8.85. The Morgan fingerprint density at radius 3 is 1.95 bits per heavy atom. The fourth-order valence-corrected chi connectivity index (χ4v) is 3.41. The smallest absolute Gasteiger partial charge is 0.193 e. The molecule has 0 aliphatic heterocycles. The maximum absolute atomic E-state index is 12.6. The summed E-state index contributed by atoms with van der Waals surface area (Å²) in [6.45, 7) is 18.5. The van der Waals surface area contributed by atoms with E-state index in [-0.39, 0.29) is 22.7 Å². The first-order valence-corrected chi connectivity index (χ1v) is 10.7. The van der Waals surface area contributed by atoms with Gasteiger partial charge in [-0.25, -0.2) is 0 Å². The van der Waals surface area contributed by atoms with E-state index < -0.39 is 20.5 Å². The molecule has 0 aromatic rings. The van der Waals surface area contributed by atoms with Crippen LogP contribution in [-0.2, 0) is 9.22 Å². The summed E-state index contributed by atoms with van der Waals surface area (Å²) in [5.41, 5.74) is 0. The minimum absolute atomic E-state index is 0.0403. The molecule has 0 saturated heterocycles. The fraction of sp³-hybridized carbons (Fsp3) is 0.938. The highest BCUT2D eigenvalue weighted by molar-refractivity contribution is 6.74. The average Bonchev–Trinajstić information content (AvgIpc) is 2.27. The van der Waals surface area contributed by atoms with Crippen molar-refractivity contribution in [2.24, 2.45) is 11.8 Å². The lowest BCUT2D eigenvalue weighted by molar-refractivity contribution is -0.134. The van der Waals surface area contributed by atoms with Crippen LogP contribution in [0.15, 0.2) is 0 Å². The molecule has 3 nitrogen and oxygen atoms in total. The topological polar surface area (TPSA) is 46.5 Å². The number of Topliss-reactive ketones (excluding diaryl/α,β-unsaturated/α-hetero) is 1. The van der Waals surface area contributed by atoms with Crippen molar-refractivity contribution in [2.75, 3.05) is 0 Å². The average molecular weight is 303 g/mol. The lowest BCUT2D eigenvalue weighted by Crippen LogP contribution is -2.47. The second kappa shape index (κ2) is 7.19. The highest BCUT2D eigenvalue weighted by atomic mass is 28.4. The number of hydrogen-bond donors (Lipinski definition) is 1. The van der Waals surface area contributed by atoms with E-state index in [1.807, 2.05) is 27.7 Å². The molecule has 0 bridgehead atoms. The van der Waals surface area contributed by atoms with Gasteiger partial charge < -0.3 is 9.53 Å². The molecule has 120 valence electrons. The first kappa shape index (κ1) is 19.8. The molecule has 0 heterocycles. The highest BCUT2D eigenvalue weighted by Crippen LogP contribution is 2.37. The van der Waals surface area contributed by atoms with E-state index in [9.17, 15) is 9.90 Å². The summed E-state index contributed by atoms with van der Waals surface area (Å²) < 4.78 is 6.15. The van der Waals surface area contributed by atoms with Gasteiger partial charge in [0.1, 0.15) is 6.10 Å². The monoisotopic (exact) mass is 302 g/mol. The minimum atomic E-state index is -1.95. The van der Waals surface area contributed by atoms with Crippen LogP contribution < -0.4 is 0 Å². The van der Waals surface area contributed by atoms with E-state index in [4.69, 9.17) is 4.43 Å². The third-order valence-electron chi connectivity index (χ3n) is 4.58. The molecule has 0 unspecified atom stereocenters. The normalized spacial score (nSPS) is 17.9. The van der Waals surface area contributed by atoms with E-state index in [1.165, 1.54) is 0 Å². The lowest BCUT2D eigenvalue weighted by Gasteiger charge is -2.39. The van der Waals surface area contributed by atoms with E-state index in [2.05, 4.69) is 33.9 Å². The van der Waals surface area contributed by atoms with Crippen LogP contribution in [0.5, 0.6) is 0 Å². The number of ketones is 1. The Morgan fingerprint density at radius 2 is 1.65 bits per heavy atom. The molecule has 4 heteroatoms. The molecule has 0 saturated carbocycles. The molecule has 0 fully saturated rings. The molecule has 1 N–H and O–H groups in total. The van der Waals surface area contributed by atoms with Gasteiger partial charge in [0, 0.05) is 5.92 Å². The van der Waals surface area contributed by atoms with Crippen LogP contribution in [0.4, 0.5) is 0 Å². The Kier molecular flexibility index (Phi) is 7.12. The van der Waals surface area contributed by atoms with Gasteiger partial charge >= 0.3 is 0 Å². The number of carbonyl (C=O) groups excluding carboxylic acids is 1. The van der Waals surface area contributed by atoms with Gasteiger partial charge in [0.2, 0.25) is 0 Å². The van der Waals surface area contributed by atoms with Crippen LogP contribution in [0.2, 0.25) is 18.1 Å². The molecule has 0 radical (unpaired) electrons. The summed E-state index contributed by atoms with van der Waals surface area (Å²) in [6.07, 6.45) is -0.365. The van der Waals surface area contributed by atoms with Gasteiger partial charge in [-0.05, 0) is 37.4 Å². The summed E-state index contributed by atoms with van der Waals surface area (Å²) in [5, 5.41) is 10.3. The molecule has 0 rings (SSSR count). The maximum atomic E-state index is 12.6. The number of carbonyl (C=O) groups is 1. The Labute approximate surface area is 126 Å². The number of hydrogen-bond acceptors (Lipinski definition) is 3. The molecule has 3 atom stereocenters. The van der Waals surface area contributed by atoms with Crippen molar-refractivity contribution in [3.63, 3.8) is 0 Å². The van der Waals surface area contributed by atoms with E-state index in [0.29, 0.717) is 6.42 Å². The standard InChI is InChI=1S/C16H34O3Si/c1-10-13(14(17)11(2)3)15(18)12(4)19-20(8,9)16(5,6)7/h11-14,17H,10H2,1-9H3/t12-,13+,14-/m0/s1. The predicted molar refractivity (Wildman–Crippen MR) is 87.4 cm³/mol. The number of rotatable bonds is 7. The first-order valence-electron chi connectivity index (χ1n) is 7.74. The quantitative estimate of drug-likeness (QED) is 0.723. The van der Waals surface area contributed by atoms with Crippen molar-refractivity contribution in [3.05, 3.63) is 0 Å². The number of aliphatic hydroxyl groups is 1. The molecule has 20 heavy (non-hydrogen) atoms. The van der Waals surface area contributed by atoms with Crippen LogP contribution in [-0.4, -0.2) is 31.4 Å². The fourth-order valence-electron chi connectivity index (χ4n) is 2.05. The molecular weight excluding hydrogens is 268 g/mol. The molecule has 0 aromatic carbocycles. The van der Waals surface area contributed by atoms with Gasteiger partial charge in [0.25, 0.3) is 0 Å². The van der Waals surface area contributed by atoms with Crippen LogP contribution in [0, 0.1) is 11.8 Å². The molecule has 0 aromatic heterocycles. The van der Waals surface area contributed by atoms with Gasteiger partial charge in [-0.15, -0.1) is 0 Å². The Balaban J connectivity index is 4.93. The van der Waals surface area contributed by atoms with Crippen molar-refractivity contribution in [1.29, 1.82) is 0 Å². The minimum Gasteiger partial charge on any atom is -0.407 e. The third kappa shape index (κ3) is 4.97. The van der Waals surface area contributed by atoms with Crippen molar-refractivity contribution >= 4 is 14.1 Å². The van der Waals surface area contributed by atoms with Crippen LogP contribution in [0.3, 0.4) is 0 Å². The van der Waals surface area contributed by atoms with Crippen molar-refractivity contribution < 1.29 is 14.3 Å². The van der Waals surface area contributed by atoms with Crippen molar-refractivity contribution in [3.8, 4) is 0 Å². The second-order valence-electron chi connectivity index (χ2n) is 7.67. The zero-order valence-electron chi connectivity index (χ0n) is 14.8.